The van der Waals surface area contributed by atoms with Gasteiger partial charge >= 0.3 is 0 Å². The Morgan fingerprint density at radius 2 is 2.09 bits per heavy atom. The topological polar surface area (TPSA) is 12.0 Å². The number of hydrogen-bond donors (Lipinski definition) is 1. The van der Waals surface area contributed by atoms with Gasteiger partial charge in [-0.15, -0.1) is 0 Å². The smallest absolute Gasteiger partial charge is 0.0273 e. The van der Waals surface area contributed by atoms with Crippen molar-refractivity contribution < 1.29 is 0 Å². The average Bonchev–Trinajstić information content (AvgIpc) is 1.99. The molecule has 0 aromatic rings. The van der Waals surface area contributed by atoms with Gasteiger partial charge in [-0.3, -0.25) is 0 Å². The fraction of sp³-hybridized carbons (Fsp3) is 0.800. The van der Waals surface area contributed by atoms with Crippen LogP contribution in [0.25, 0.3) is 0 Å². The van der Waals surface area contributed by atoms with E-state index in [9.17, 15) is 0 Å². The third-order valence-corrected chi connectivity index (χ3v) is 2.28. The minimum Gasteiger partial charge on any atom is -0.313 e. The third kappa shape index (κ3) is 4.20. The summed E-state index contributed by atoms with van der Waals surface area (Å²) in [6, 6.07) is 0.505. The number of rotatable bonds is 5. The van der Waals surface area contributed by atoms with Crippen LogP contribution < -0.4 is 5.32 Å². The van der Waals surface area contributed by atoms with Gasteiger partial charge in [0.05, 0.1) is 0 Å². The van der Waals surface area contributed by atoms with Crippen LogP contribution in [-0.2, 0) is 0 Å². The van der Waals surface area contributed by atoms with Gasteiger partial charge in [0.1, 0.15) is 0 Å². The van der Waals surface area contributed by atoms with Crippen LogP contribution in [0.5, 0.6) is 0 Å². The first-order chi connectivity index (χ1) is 5.11. The summed E-state index contributed by atoms with van der Waals surface area (Å²) in [5, 5.41) is 3.27. The Labute approximate surface area is 70.9 Å². The molecule has 0 spiro atoms. The maximum Gasteiger partial charge on any atom is 0.0273 e. The summed E-state index contributed by atoms with van der Waals surface area (Å²) in [7, 11) is 2.00. The van der Waals surface area contributed by atoms with Gasteiger partial charge < -0.3 is 5.32 Å². The molecule has 1 heteroatoms. The van der Waals surface area contributed by atoms with Gasteiger partial charge in [-0.25, -0.2) is 0 Å². The van der Waals surface area contributed by atoms with Crippen LogP contribution in [0, 0.1) is 5.92 Å². The zero-order chi connectivity index (χ0) is 8.85. The summed E-state index contributed by atoms with van der Waals surface area (Å²) in [6.07, 6.45) is 2.47. The minimum absolute atomic E-state index is 0.505. The van der Waals surface area contributed by atoms with Crippen LogP contribution in [0.3, 0.4) is 0 Å². The molecule has 0 aliphatic heterocycles. The molecule has 0 bridgehead atoms. The number of nitrogens with one attached hydrogen (secondary N) is 1. The van der Waals surface area contributed by atoms with Gasteiger partial charge in [-0.1, -0.05) is 32.4 Å². The molecule has 66 valence electrons. The molecule has 1 nitrogen and oxygen atoms in total. The fourth-order valence-corrected chi connectivity index (χ4v) is 1.13. The molecule has 0 aliphatic carbocycles. The van der Waals surface area contributed by atoms with E-state index < -0.39 is 0 Å². The molecular weight excluding hydrogens is 134 g/mol. The zero-order valence-electron chi connectivity index (χ0n) is 8.28. The van der Waals surface area contributed by atoms with Crippen LogP contribution in [0.4, 0.5) is 0 Å². The highest BCUT2D eigenvalue weighted by atomic mass is 14.9. The first-order valence-electron chi connectivity index (χ1n) is 4.44. The van der Waals surface area contributed by atoms with Gasteiger partial charge in [0.2, 0.25) is 0 Å². The standard InChI is InChI=1S/C10H21N/c1-6-9(4)7-10(11-5)8(2)3/h9-11H,2,6-7H2,1,3-5H3. The number of hydrogen-bond acceptors (Lipinski definition) is 1. The molecule has 0 saturated heterocycles. The molecule has 0 aromatic heterocycles. The summed E-state index contributed by atoms with van der Waals surface area (Å²) in [4.78, 5) is 0. The van der Waals surface area contributed by atoms with Gasteiger partial charge in [0, 0.05) is 6.04 Å². The van der Waals surface area contributed by atoms with Crippen molar-refractivity contribution in [2.45, 2.75) is 39.7 Å². The van der Waals surface area contributed by atoms with E-state index >= 15 is 0 Å². The van der Waals surface area contributed by atoms with E-state index in [1.54, 1.807) is 0 Å². The van der Waals surface area contributed by atoms with E-state index in [0.29, 0.717) is 6.04 Å². The molecule has 2 atom stereocenters. The molecule has 2 unspecified atom stereocenters. The summed E-state index contributed by atoms with van der Waals surface area (Å²) >= 11 is 0. The van der Waals surface area contributed by atoms with Crippen molar-refractivity contribution in [3.63, 3.8) is 0 Å². The van der Waals surface area contributed by atoms with E-state index in [-0.39, 0.29) is 0 Å². The molecule has 0 amide bonds. The van der Waals surface area contributed by atoms with Crippen molar-refractivity contribution in [2.75, 3.05) is 7.05 Å². The monoisotopic (exact) mass is 155 g/mol. The minimum atomic E-state index is 0.505. The Balaban J connectivity index is 3.77. The number of likely N-dealkylation sites (N-methyl/N-ethyl adjacent to an activating group) is 1. The molecule has 0 rings (SSSR count). The Kier molecular flexibility index (Phi) is 5.22. The van der Waals surface area contributed by atoms with E-state index in [4.69, 9.17) is 0 Å². The molecule has 0 radical (unpaired) electrons. The Bertz CT molecular complexity index is 118. The summed E-state index contributed by atoms with van der Waals surface area (Å²) in [5.41, 5.74) is 1.24. The summed E-state index contributed by atoms with van der Waals surface area (Å²) < 4.78 is 0. The SMILES string of the molecule is C=C(C)C(CC(C)CC)NC. The molecule has 0 saturated carbocycles. The molecule has 11 heavy (non-hydrogen) atoms. The lowest BCUT2D eigenvalue weighted by molar-refractivity contribution is 0.445. The van der Waals surface area contributed by atoms with Gasteiger partial charge in [-0.2, -0.15) is 0 Å². The lowest BCUT2D eigenvalue weighted by Gasteiger charge is -2.19. The predicted molar refractivity (Wildman–Crippen MR) is 51.7 cm³/mol. The fourth-order valence-electron chi connectivity index (χ4n) is 1.13. The normalized spacial score (nSPS) is 16.0. The highest BCUT2D eigenvalue weighted by Gasteiger charge is 2.09. The largest absolute Gasteiger partial charge is 0.313 e. The Morgan fingerprint density at radius 1 is 1.55 bits per heavy atom. The van der Waals surface area contributed by atoms with E-state index in [0.717, 1.165) is 5.92 Å². The predicted octanol–water partition coefficient (Wildman–Crippen LogP) is 2.59. The van der Waals surface area contributed by atoms with Crippen molar-refractivity contribution in [1.82, 2.24) is 5.32 Å². The Hall–Kier alpha value is -0.300. The van der Waals surface area contributed by atoms with Crippen LogP contribution >= 0.6 is 0 Å². The van der Waals surface area contributed by atoms with Crippen molar-refractivity contribution in [3.8, 4) is 0 Å². The average molecular weight is 155 g/mol. The maximum atomic E-state index is 3.95. The van der Waals surface area contributed by atoms with E-state index in [2.05, 4.69) is 32.7 Å². The molecule has 0 aromatic carbocycles. The molecule has 1 N–H and O–H groups in total. The van der Waals surface area contributed by atoms with Crippen LogP contribution in [0.2, 0.25) is 0 Å². The second-order valence-corrected chi connectivity index (χ2v) is 3.44. The molecular formula is C10H21N. The van der Waals surface area contributed by atoms with Crippen LogP contribution in [-0.4, -0.2) is 13.1 Å². The quantitative estimate of drug-likeness (QED) is 0.602. The summed E-state index contributed by atoms with van der Waals surface area (Å²) in [5.74, 6) is 0.796. The first-order valence-corrected chi connectivity index (χ1v) is 4.44. The highest BCUT2D eigenvalue weighted by molar-refractivity contribution is 5.01. The van der Waals surface area contributed by atoms with Crippen molar-refractivity contribution >= 4 is 0 Å². The first kappa shape index (κ1) is 10.7. The second-order valence-electron chi connectivity index (χ2n) is 3.44. The third-order valence-electron chi connectivity index (χ3n) is 2.28. The van der Waals surface area contributed by atoms with Gasteiger partial charge in [0.25, 0.3) is 0 Å². The lowest BCUT2D eigenvalue weighted by atomic mass is 9.96. The Morgan fingerprint density at radius 3 is 2.36 bits per heavy atom. The van der Waals surface area contributed by atoms with Gasteiger partial charge in [-0.05, 0) is 26.3 Å². The highest BCUT2D eigenvalue weighted by Crippen LogP contribution is 2.13. The van der Waals surface area contributed by atoms with Crippen molar-refractivity contribution in [3.05, 3.63) is 12.2 Å². The molecule has 0 aliphatic rings. The van der Waals surface area contributed by atoms with Crippen molar-refractivity contribution in [1.29, 1.82) is 0 Å². The second kappa shape index (κ2) is 5.36. The molecule has 0 heterocycles. The maximum absolute atomic E-state index is 3.95. The van der Waals surface area contributed by atoms with E-state index in [1.807, 2.05) is 7.05 Å². The van der Waals surface area contributed by atoms with E-state index in [1.165, 1.54) is 18.4 Å². The summed E-state index contributed by atoms with van der Waals surface area (Å²) in [6.45, 7) is 10.6. The van der Waals surface area contributed by atoms with Crippen LogP contribution in [0.15, 0.2) is 12.2 Å². The zero-order valence-corrected chi connectivity index (χ0v) is 8.28. The van der Waals surface area contributed by atoms with Crippen LogP contribution in [0.1, 0.15) is 33.6 Å². The molecule has 0 fully saturated rings. The lowest BCUT2D eigenvalue weighted by Crippen LogP contribution is -2.27. The van der Waals surface area contributed by atoms with Crippen molar-refractivity contribution in [2.24, 2.45) is 5.92 Å². The van der Waals surface area contributed by atoms with Gasteiger partial charge in [0.15, 0.2) is 0 Å².